The highest BCUT2D eigenvalue weighted by atomic mass is 35.5. The Morgan fingerprint density at radius 2 is 1.76 bits per heavy atom. The van der Waals surface area contributed by atoms with E-state index in [1.54, 1.807) is 0 Å². The molecule has 2 rings (SSSR count). The maximum Gasteiger partial charge on any atom is 0.487 e. The molecule has 2 N–H and O–H groups in total. The zero-order chi connectivity index (χ0) is 15.6. The maximum absolute atomic E-state index is 13.8. The molecular formula is C14H9ClF3NO2. The monoisotopic (exact) mass is 315 g/mol. The summed E-state index contributed by atoms with van der Waals surface area (Å²) in [6, 6.07) is 8.79. The summed E-state index contributed by atoms with van der Waals surface area (Å²) in [6.45, 7) is 0. The van der Waals surface area contributed by atoms with E-state index in [4.69, 9.17) is 5.73 Å². The Morgan fingerprint density at radius 3 is 2.29 bits per heavy atom. The molecule has 0 spiro atoms. The van der Waals surface area contributed by atoms with Gasteiger partial charge in [0.15, 0.2) is 0 Å². The van der Waals surface area contributed by atoms with Gasteiger partial charge in [0.2, 0.25) is 5.91 Å². The zero-order valence-corrected chi connectivity index (χ0v) is 11.2. The van der Waals surface area contributed by atoms with Crippen molar-refractivity contribution in [2.45, 2.75) is 5.57 Å². The second-order valence-corrected chi connectivity index (χ2v) is 4.57. The second-order valence-electron chi connectivity index (χ2n) is 4.13. The minimum atomic E-state index is -3.82. The van der Waals surface area contributed by atoms with E-state index in [1.807, 2.05) is 0 Å². The molecule has 1 amide bonds. The molecule has 0 heterocycles. The van der Waals surface area contributed by atoms with E-state index in [0.717, 1.165) is 6.07 Å². The predicted molar refractivity (Wildman–Crippen MR) is 71.8 cm³/mol. The van der Waals surface area contributed by atoms with Crippen LogP contribution in [-0.4, -0.2) is 11.5 Å². The predicted octanol–water partition coefficient (Wildman–Crippen LogP) is 3.76. The van der Waals surface area contributed by atoms with E-state index in [2.05, 4.69) is 16.3 Å². The van der Waals surface area contributed by atoms with Crippen LogP contribution in [-0.2, 0) is 0 Å². The van der Waals surface area contributed by atoms with Gasteiger partial charge in [0.05, 0.1) is 0 Å². The summed E-state index contributed by atoms with van der Waals surface area (Å²) < 4.78 is 42.9. The van der Waals surface area contributed by atoms with Crippen LogP contribution in [0.2, 0.25) is 0 Å². The van der Waals surface area contributed by atoms with Crippen LogP contribution in [0.5, 0.6) is 5.75 Å². The quantitative estimate of drug-likeness (QED) is 0.873. The van der Waals surface area contributed by atoms with Crippen LogP contribution in [0.3, 0.4) is 0 Å². The van der Waals surface area contributed by atoms with Crippen molar-refractivity contribution in [3.63, 3.8) is 0 Å². The Morgan fingerprint density at radius 1 is 1.14 bits per heavy atom. The minimum absolute atomic E-state index is 0.121. The molecular weight excluding hydrogens is 307 g/mol. The van der Waals surface area contributed by atoms with E-state index in [-0.39, 0.29) is 16.9 Å². The summed E-state index contributed by atoms with van der Waals surface area (Å²) >= 11 is 4.64. The van der Waals surface area contributed by atoms with Gasteiger partial charge in [0.25, 0.3) is 0 Å². The Hall–Kier alpha value is -2.21. The number of hydrogen-bond acceptors (Lipinski definition) is 2. The van der Waals surface area contributed by atoms with Crippen molar-refractivity contribution in [3.05, 3.63) is 53.8 Å². The molecule has 21 heavy (non-hydrogen) atoms. The number of carbonyl (C=O) groups excluding carboxylic acids is 1. The molecule has 3 nitrogen and oxygen atoms in total. The Labute approximate surface area is 123 Å². The lowest BCUT2D eigenvalue weighted by Gasteiger charge is -2.11. The fourth-order valence-corrected chi connectivity index (χ4v) is 1.83. The average molecular weight is 316 g/mol. The van der Waals surface area contributed by atoms with Crippen molar-refractivity contribution >= 4 is 17.5 Å². The van der Waals surface area contributed by atoms with Crippen LogP contribution in [0.4, 0.5) is 13.2 Å². The average Bonchev–Trinajstić information content (AvgIpc) is 2.38. The largest absolute Gasteiger partial charge is 0.487 e. The van der Waals surface area contributed by atoms with Gasteiger partial charge in [-0.3, -0.25) is 4.79 Å². The van der Waals surface area contributed by atoms with E-state index < -0.39 is 17.3 Å². The van der Waals surface area contributed by atoms with Crippen molar-refractivity contribution < 1.29 is 22.7 Å². The lowest BCUT2D eigenvalue weighted by atomic mass is 10.0. The van der Waals surface area contributed by atoms with Gasteiger partial charge in [-0.15, -0.1) is 8.78 Å². The van der Waals surface area contributed by atoms with Crippen molar-refractivity contribution in [1.29, 1.82) is 0 Å². The van der Waals surface area contributed by atoms with E-state index >= 15 is 0 Å². The first kappa shape index (κ1) is 15.2. The number of carbonyl (C=O) groups is 1. The van der Waals surface area contributed by atoms with E-state index in [9.17, 15) is 18.0 Å². The van der Waals surface area contributed by atoms with Crippen molar-refractivity contribution in [2.24, 2.45) is 5.73 Å². The Balaban J connectivity index is 2.34. The number of ether oxygens (including phenoxy) is 1. The van der Waals surface area contributed by atoms with E-state index in [1.165, 1.54) is 36.4 Å². The number of rotatable bonds is 4. The van der Waals surface area contributed by atoms with Crippen LogP contribution < -0.4 is 10.5 Å². The summed E-state index contributed by atoms with van der Waals surface area (Å²) in [5.41, 5.74) is 1.94. The normalized spacial score (nSPS) is 11.2. The number of halogens is 4. The molecule has 0 aliphatic heterocycles. The van der Waals surface area contributed by atoms with Gasteiger partial charge < -0.3 is 10.5 Å². The van der Waals surface area contributed by atoms with E-state index in [0.29, 0.717) is 5.56 Å². The molecule has 0 radical (unpaired) electrons. The zero-order valence-electron chi connectivity index (χ0n) is 10.4. The lowest BCUT2D eigenvalue weighted by molar-refractivity contribution is -0.0964. The molecule has 0 aromatic heterocycles. The highest BCUT2D eigenvalue weighted by Gasteiger charge is 2.27. The van der Waals surface area contributed by atoms with Crippen LogP contribution in [0.25, 0.3) is 11.1 Å². The summed E-state index contributed by atoms with van der Waals surface area (Å²) in [5.74, 6) is -1.44. The summed E-state index contributed by atoms with van der Waals surface area (Å²) in [5, 5.41) is 0. The number of benzene rings is 2. The highest BCUT2D eigenvalue weighted by molar-refractivity contribution is 6.20. The third-order valence-electron chi connectivity index (χ3n) is 2.65. The van der Waals surface area contributed by atoms with Crippen LogP contribution in [0.15, 0.2) is 42.5 Å². The van der Waals surface area contributed by atoms with Crippen molar-refractivity contribution in [1.82, 2.24) is 0 Å². The summed E-state index contributed by atoms with van der Waals surface area (Å²) in [4.78, 5) is 11.1. The molecule has 0 aliphatic rings. The number of amides is 1. The first-order valence-electron chi connectivity index (χ1n) is 5.72. The molecule has 2 aromatic rings. The lowest BCUT2D eigenvalue weighted by Crippen LogP contribution is -2.15. The fraction of sp³-hybridized carbons (Fsp3) is 0.0714. The van der Waals surface area contributed by atoms with Gasteiger partial charge in [-0.1, -0.05) is 12.1 Å². The summed E-state index contributed by atoms with van der Waals surface area (Å²) in [7, 11) is 0. The first-order valence-corrected chi connectivity index (χ1v) is 6.09. The van der Waals surface area contributed by atoms with Gasteiger partial charge in [0, 0.05) is 22.7 Å². The Bertz CT molecular complexity index is 669. The molecule has 0 aliphatic carbocycles. The summed E-state index contributed by atoms with van der Waals surface area (Å²) in [6.07, 6.45) is 0. The molecule has 110 valence electrons. The van der Waals surface area contributed by atoms with Gasteiger partial charge in [-0.25, -0.2) is 4.39 Å². The molecule has 0 atom stereocenters. The van der Waals surface area contributed by atoms with Crippen molar-refractivity contribution in [3.8, 4) is 16.9 Å². The molecule has 0 saturated carbocycles. The highest BCUT2D eigenvalue weighted by Crippen LogP contribution is 2.29. The molecule has 0 bridgehead atoms. The SMILES string of the molecule is NC(=O)c1ccc(F)c(-c2ccc(OC(F)(F)Cl)cc2)c1. The molecule has 0 saturated heterocycles. The van der Waals surface area contributed by atoms with Crippen LogP contribution in [0, 0.1) is 5.82 Å². The van der Waals surface area contributed by atoms with Crippen LogP contribution in [0.1, 0.15) is 10.4 Å². The smallest absolute Gasteiger partial charge is 0.420 e. The standard InChI is InChI=1S/C14H9ClF3NO2/c15-14(17,18)21-10-4-1-8(2-5-10)11-7-9(13(19)20)3-6-12(11)16/h1-7H,(H2,19,20). The number of hydrogen-bond donors (Lipinski definition) is 1. The minimum Gasteiger partial charge on any atom is -0.420 e. The van der Waals surface area contributed by atoms with Crippen LogP contribution >= 0.6 is 11.6 Å². The van der Waals surface area contributed by atoms with Gasteiger partial charge in [0.1, 0.15) is 11.6 Å². The molecule has 7 heteroatoms. The number of nitrogens with two attached hydrogens (primary N) is 1. The maximum atomic E-state index is 13.8. The third-order valence-corrected chi connectivity index (χ3v) is 2.73. The van der Waals surface area contributed by atoms with Gasteiger partial charge >= 0.3 is 5.57 Å². The number of alkyl halides is 3. The molecule has 0 unspecified atom stereocenters. The first-order chi connectivity index (χ1) is 9.76. The number of primary amides is 1. The molecule has 2 aromatic carbocycles. The molecule has 0 fully saturated rings. The second kappa shape index (κ2) is 5.65. The van der Waals surface area contributed by atoms with Crippen molar-refractivity contribution in [2.75, 3.05) is 0 Å². The van der Waals surface area contributed by atoms with Gasteiger partial charge in [-0.05, 0) is 35.9 Å². The topological polar surface area (TPSA) is 52.3 Å². The van der Waals surface area contributed by atoms with Gasteiger partial charge in [-0.2, -0.15) is 0 Å². The Kier molecular flexibility index (Phi) is 4.09. The fourth-order valence-electron chi connectivity index (χ4n) is 1.74. The third kappa shape index (κ3) is 3.88.